The van der Waals surface area contributed by atoms with Gasteiger partial charge in [0, 0.05) is 202 Å². The summed E-state index contributed by atoms with van der Waals surface area (Å²) in [6.45, 7) is 28.6. The van der Waals surface area contributed by atoms with Gasteiger partial charge in [-0.3, -0.25) is 48.3 Å². The number of hydrogen-bond acceptors (Lipinski definition) is 15. The molecule has 8 aliphatic rings. The molecular weight excluding hydrogens is 1670 g/mol. The Hall–Kier alpha value is -12.5. The fourth-order valence-electron chi connectivity index (χ4n) is 19.0. The first-order chi connectivity index (χ1) is 63.9. The molecular formula is C106H132N16O11. The highest BCUT2D eigenvalue weighted by Gasteiger charge is 2.42. The van der Waals surface area contributed by atoms with Gasteiger partial charge in [-0.15, -0.1) is 0 Å². The van der Waals surface area contributed by atoms with E-state index in [1.165, 1.54) is 0 Å². The lowest BCUT2D eigenvalue weighted by molar-refractivity contribution is -0.127. The van der Waals surface area contributed by atoms with E-state index >= 15 is 0 Å². The summed E-state index contributed by atoms with van der Waals surface area (Å²) >= 11 is 0. The van der Waals surface area contributed by atoms with E-state index in [0.29, 0.717) is 72.1 Å². The number of nitrogens with one attached hydrogen (secondary N) is 4. The molecule has 133 heavy (non-hydrogen) atoms. The van der Waals surface area contributed by atoms with Crippen molar-refractivity contribution >= 4 is 93.3 Å². The number of carbonyl (C=O) groups is 8. The van der Waals surface area contributed by atoms with Gasteiger partial charge in [-0.05, 0) is 260 Å². The molecule has 0 spiro atoms. The van der Waals surface area contributed by atoms with Crippen molar-refractivity contribution in [2.45, 2.75) is 280 Å². The van der Waals surface area contributed by atoms with Crippen LogP contribution in [0, 0.1) is 58.3 Å². The molecule has 0 unspecified atom stereocenters. The van der Waals surface area contributed by atoms with Crippen molar-refractivity contribution in [3.8, 4) is 11.8 Å². The molecule has 27 heteroatoms. The van der Waals surface area contributed by atoms with Crippen molar-refractivity contribution in [3.63, 3.8) is 0 Å². The Morgan fingerprint density at radius 2 is 0.617 bits per heavy atom. The third-order valence-electron chi connectivity index (χ3n) is 25.8. The molecule has 4 saturated carbocycles. The van der Waals surface area contributed by atoms with Crippen LogP contribution in [0.25, 0.3) is 0 Å². The molecule has 8 amide bonds. The SMILES string of the molecule is CCCOc1cc2c(cn1)CC(=NC(=O)c1ccc(C)cc1)N2C1CCC(C(=O)NC(C)C)CC1.Cc1ccc(C(=O)N=C2Cc3cnc(C)cc3N2C2CCC(C(=O)NC(C)C)CC2)cc1.Cc1ccc(C(=O)N=C2Cc3cnc(OCCO)cc3N2C2CCC(C(=O)NC(C)C)CC2)cc1.Cc1ccc(C(=O)N=C2Cc3cnccc3N2C2CCC(C(=O)NC(C)C)CC2)cc1. The number of aliphatic imine (C=N–C) groups is 4. The number of carbonyl (C=O) groups excluding carboxylic acids is 8. The lowest BCUT2D eigenvalue weighted by Gasteiger charge is -2.36. The molecule has 4 aromatic carbocycles. The number of ether oxygens (including phenoxy) is 2. The van der Waals surface area contributed by atoms with E-state index in [-0.39, 0.29) is 132 Å². The summed E-state index contributed by atoms with van der Waals surface area (Å²) in [6.07, 6.45) is 25.9. The zero-order valence-corrected chi connectivity index (χ0v) is 79.7. The molecule has 8 aromatic rings. The smallest absolute Gasteiger partial charge is 0.278 e. The quantitative estimate of drug-likeness (QED) is 0.0421. The third kappa shape index (κ3) is 25.7. The monoisotopic (exact) mass is 1810 g/mol. The van der Waals surface area contributed by atoms with Gasteiger partial charge in [-0.25, -0.2) is 9.97 Å². The lowest BCUT2D eigenvalue weighted by Crippen LogP contribution is -2.44. The van der Waals surface area contributed by atoms with E-state index < -0.39 is 0 Å². The normalized spacial score (nSPS) is 21.2. The van der Waals surface area contributed by atoms with Crippen LogP contribution in [-0.4, -0.2) is 164 Å². The number of benzene rings is 4. The maximum absolute atomic E-state index is 13.0. The predicted octanol–water partition coefficient (Wildman–Crippen LogP) is 16.8. The number of fused-ring (bicyclic) bond motifs is 4. The Balaban J connectivity index is 0.000000151. The Morgan fingerprint density at radius 1 is 0.353 bits per heavy atom. The molecule has 5 N–H and O–H groups in total. The summed E-state index contributed by atoms with van der Waals surface area (Å²) in [5.74, 6) is 3.82. The Bertz CT molecular complexity index is 5390. The highest BCUT2D eigenvalue weighted by Crippen LogP contribution is 2.44. The van der Waals surface area contributed by atoms with Crippen molar-refractivity contribution < 1.29 is 52.9 Å². The number of pyridine rings is 4. The highest BCUT2D eigenvalue weighted by molar-refractivity contribution is 6.16. The molecule has 4 aromatic heterocycles. The van der Waals surface area contributed by atoms with Crippen molar-refractivity contribution in [2.75, 3.05) is 39.4 Å². The Kier molecular flexibility index (Phi) is 33.7. The fraction of sp³-hybridized carbons (Fsp3) is 0.472. The molecule has 4 aliphatic carbocycles. The Labute approximate surface area is 782 Å². The first kappa shape index (κ1) is 98.0. The van der Waals surface area contributed by atoms with E-state index in [0.717, 1.165) is 200 Å². The molecule has 0 atom stereocenters. The molecule has 4 aliphatic heterocycles. The van der Waals surface area contributed by atoms with Crippen LogP contribution >= 0.6 is 0 Å². The minimum absolute atomic E-state index is 0.00573. The van der Waals surface area contributed by atoms with E-state index in [1.54, 1.807) is 24.5 Å². The van der Waals surface area contributed by atoms with Crippen LogP contribution in [0.4, 0.5) is 22.7 Å². The summed E-state index contributed by atoms with van der Waals surface area (Å²) < 4.78 is 11.4. The second kappa shape index (κ2) is 45.7. The zero-order chi connectivity index (χ0) is 94.7. The van der Waals surface area contributed by atoms with E-state index in [2.05, 4.69) is 93.8 Å². The van der Waals surface area contributed by atoms with Crippen LogP contribution in [0.1, 0.15) is 263 Å². The van der Waals surface area contributed by atoms with E-state index in [4.69, 9.17) is 14.6 Å². The molecule has 4 fully saturated rings. The van der Waals surface area contributed by atoms with Crippen molar-refractivity contribution in [1.82, 2.24) is 41.2 Å². The number of nitrogens with zero attached hydrogens (tertiary/aromatic N) is 12. The zero-order valence-electron chi connectivity index (χ0n) is 79.7. The number of aromatic nitrogens is 4. The second-order valence-electron chi connectivity index (χ2n) is 37.8. The summed E-state index contributed by atoms with van der Waals surface area (Å²) in [6, 6.07) is 39.3. The average Bonchev–Trinajstić information content (AvgIpc) is 1.64. The van der Waals surface area contributed by atoms with E-state index in [1.807, 2.05) is 212 Å². The van der Waals surface area contributed by atoms with Gasteiger partial charge in [0.1, 0.15) is 29.9 Å². The second-order valence-corrected chi connectivity index (χ2v) is 37.8. The van der Waals surface area contributed by atoms with Gasteiger partial charge in [0.25, 0.3) is 23.6 Å². The van der Waals surface area contributed by atoms with Gasteiger partial charge < -0.3 is 55.4 Å². The number of aliphatic hydroxyl groups excluding tert-OH is 1. The summed E-state index contributed by atoms with van der Waals surface area (Å²) in [4.78, 5) is 146. The summed E-state index contributed by atoms with van der Waals surface area (Å²) in [7, 11) is 0. The van der Waals surface area contributed by atoms with Crippen LogP contribution in [0.15, 0.2) is 172 Å². The minimum atomic E-state index is -0.271. The number of anilines is 4. The van der Waals surface area contributed by atoms with Gasteiger partial charge in [0.2, 0.25) is 35.4 Å². The molecule has 16 rings (SSSR count). The van der Waals surface area contributed by atoms with Crippen LogP contribution < -0.4 is 50.3 Å². The Morgan fingerprint density at radius 3 is 0.895 bits per heavy atom. The number of amides is 8. The van der Waals surface area contributed by atoms with Crippen LogP contribution in [0.5, 0.6) is 11.8 Å². The van der Waals surface area contributed by atoms with Crippen molar-refractivity contribution in [3.05, 3.63) is 225 Å². The average molecular weight is 1810 g/mol. The number of hydrogen-bond donors (Lipinski definition) is 5. The van der Waals surface area contributed by atoms with E-state index in [9.17, 15) is 38.4 Å². The minimum Gasteiger partial charge on any atom is -0.478 e. The summed E-state index contributed by atoms with van der Waals surface area (Å²) in [5, 5.41) is 21.3. The summed E-state index contributed by atoms with van der Waals surface area (Å²) in [5.41, 5.74) is 16.1. The highest BCUT2D eigenvalue weighted by atomic mass is 16.5. The lowest BCUT2D eigenvalue weighted by atomic mass is 9.84. The number of rotatable bonds is 22. The van der Waals surface area contributed by atoms with Crippen LogP contribution in [0.2, 0.25) is 0 Å². The molecule has 702 valence electrons. The topological polar surface area (TPSA) is 337 Å². The third-order valence-corrected chi connectivity index (χ3v) is 25.8. The van der Waals surface area contributed by atoms with Crippen molar-refractivity contribution in [1.29, 1.82) is 0 Å². The first-order valence-electron chi connectivity index (χ1n) is 47.8. The van der Waals surface area contributed by atoms with Crippen LogP contribution in [0.3, 0.4) is 0 Å². The van der Waals surface area contributed by atoms with Gasteiger partial charge in [-0.1, -0.05) is 77.7 Å². The first-order valence-corrected chi connectivity index (χ1v) is 47.8. The molecule has 0 radical (unpaired) electrons. The number of aliphatic hydroxyl groups is 1. The van der Waals surface area contributed by atoms with Gasteiger partial charge in [-0.2, -0.15) is 20.0 Å². The maximum Gasteiger partial charge on any atom is 0.278 e. The van der Waals surface area contributed by atoms with Gasteiger partial charge in [0.05, 0.1) is 24.6 Å². The molecule has 8 heterocycles. The fourth-order valence-corrected chi connectivity index (χ4v) is 19.0. The van der Waals surface area contributed by atoms with Gasteiger partial charge >= 0.3 is 0 Å². The standard InChI is InChI=1S/C28H36N4O3.C27H34N4O4.C26H32N4O2.C25H30N4O2/c1-5-14-35-26-16-24-22(17-29-26)15-25(31-28(34)20-8-6-19(4)7-9-20)32(24)23-12-10-21(11-13-23)27(33)30-18(2)3;1-17(2)29-26(33)20-8-10-22(11-9-20)31-23-15-25(35-13-12-32)28-16-21(23)14-24(31)30-27(34)19-6-4-18(3)5-7-19;1-16(2)28-25(31)20-9-11-22(12-10-20)30-23-13-18(4)27-15-21(23)14-24(30)29-26(32)19-7-5-17(3)6-8-19;1-16(2)27-24(30)19-8-10-21(11-9-19)29-22-12-13-26-15-20(22)14-23(29)28-25(31)18-6-4-17(3)5-7-18/h6-9,16-18,21,23H,5,10-15H2,1-4H3,(H,30,33);4-7,15-17,20,22,32H,8-14H2,1-3H3,(H,29,33);5-8,13,15-16,20,22H,9-12,14H2,1-4H3,(H,28,31);4-7,12-13,15-16,19,21H,8-11,14H2,1-3H3,(H,27,30). The number of amidine groups is 4. The van der Waals surface area contributed by atoms with Crippen LogP contribution in [-0.2, 0) is 44.9 Å². The van der Waals surface area contributed by atoms with Crippen molar-refractivity contribution in [2.24, 2.45) is 43.6 Å². The molecule has 27 nitrogen and oxygen atoms in total. The molecule has 0 bridgehead atoms. The predicted molar refractivity (Wildman–Crippen MR) is 523 cm³/mol. The molecule has 0 saturated heterocycles. The van der Waals surface area contributed by atoms with Gasteiger partial charge in [0.15, 0.2) is 0 Å². The largest absolute Gasteiger partial charge is 0.478 e. The number of aryl methyl sites for hydroxylation is 5. The maximum atomic E-state index is 13.0.